The largest absolute Gasteiger partial charge is 0.399 e. The van der Waals surface area contributed by atoms with Crippen LogP contribution in [0.5, 0.6) is 0 Å². The molecule has 1 aliphatic heterocycles. The average Bonchev–Trinajstić information content (AvgIpc) is 3.35. The van der Waals surface area contributed by atoms with Gasteiger partial charge in [0.2, 0.25) is 5.89 Å². The van der Waals surface area contributed by atoms with Gasteiger partial charge in [-0.25, -0.2) is 4.39 Å². The van der Waals surface area contributed by atoms with Crippen LogP contribution in [-0.2, 0) is 4.84 Å². The first-order valence-corrected chi connectivity index (χ1v) is 9.11. The van der Waals surface area contributed by atoms with Gasteiger partial charge in [-0.1, -0.05) is 34.6 Å². The van der Waals surface area contributed by atoms with E-state index in [2.05, 4.69) is 15.3 Å². The number of amides is 1. The summed E-state index contributed by atoms with van der Waals surface area (Å²) in [5.41, 5.74) is 3.02. The Labute approximate surface area is 166 Å². The highest BCUT2D eigenvalue weighted by atomic mass is 19.1. The molecule has 3 aromatic rings. The van der Waals surface area contributed by atoms with Crippen molar-refractivity contribution in [1.82, 2.24) is 15.0 Å². The summed E-state index contributed by atoms with van der Waals surface area (Å²) in [6, 6.07) is 13.0. The van der Waals surface area contributed by atoms with E-state index < -0.39 is 6.04 Å². The van der Waals surface area contributed by atoms with Gasteiger partial charge >= 0.3 is 0 Å². The van der Waals surface area contributed by atoms with Gasteiger partial charge in [0.1, 0.15) is 19.0 Å². The molecule has 0 aliphatic carbocycles. The van der Waals surface area contributed by atoms with Crippen LogP contribution in [0.1, 0.15) is 34.5 Å². The van der Waals surface area contributed by atoms with Crippen LogP contribution in [0.25, 0.3) is 11.1 Å². The molecule has 2 aromatic carbocycles. The molecule has 1 fully saturated rings. The van der Waals surface area contributed by atoms with Crippen LogP contribution < -0.4 is 0 Å². The molecule has 1 saturated heterocycles. The quantitative estimate of drug-likeness (QED) is 0.629. The highest BCUT2D eigenvalue weighted by Gasteiger charge is 2.38. The molecule has 0 radical (unpaired) electrons. The number of likely N-dealkylation sites (tertiary alicyclic amines) is 1. The minimum atomic E-state index is -0.394. The first kappa shape index (κ1) is 18.8. The molecule has 1 aliphatic rings. The Balaban J connectivity index is 1.59. The van der Waals surface area contributed by atoms with Crippen LogP contribution >= 0.6 is 0 Å². The van der Waals surface area contributed by atoms with Gasteiger partial charge < -0.3 is 14.3 Å². The maximum atomic E-state index is 13.2. The third-order valence-electron chi connectivity index (χ3n) is 4.78. The Bertz CT molecular complexity index is 1040. The second-order valence-corrected chi connectivity index (χ2v) is 6.76. The molecular weight excluding hydrogens is 375 g/mol. The average molecular weight is 394 g/mol. The number of aryl methyl sites for hydroxylation is 1. The van der Waals surface area contributed by atoms with Crippen LogP contribution in [0.4, 0.5) is 4.39 Å². The molecule has 0 unspecified atom stereocenters. The molecule has 0 spiro atoms. The number of rotatable bonds is 4. The predicted octanol–water partition coefficient (Wildman–Crippen LogP) is 3.77. The smallest absolute Gasteiger partial charge is 0.254 e. The monoisotopic (exact) mass is 394 g/mol. The summed E-state index contributed by atoms with van der Waals surface area (Å²) >= 11 is 0. The summed E-state index contributed by atoms with van der Waals surface area (Å²) < 4.78 is 18.4. The second-order valence-electron chi connectivity index (χ2n) is 6.76. The summed E-state index contributed by atoms with van der Waals surface area (Å²) in [4.78, 5) is 24.0. The molecule has 0 saturated carbocycles. The minimum Gasteiger partial charge on any atom is -0.399 e. The highest BCUT2D eigenvalue weighted by Crippen LogP contribution is 2.31. The zero-order valence-corrected chi connectivity index (χ0v) is 16.0. The topological polar surface area (TPSA) is 80.8 Å². The van der Waals surface area contributed by atoms with Crippen molar-refractivity contribution in [2.75, 3.05) is 13.7 Å². The third-order valence-corrected chi connectivity index (χ3v) is 4.78. The Morgan fingerprint density at radius 3 is 2.41 bits per heavy atom. The van der Waals surface area contributed by atoms with Crippen molar-refractivity contribution in [3.63, 3.8) is 0 Å². The molecule has 1 aromatic heterocycles. The number of nitrogens with zero attached hydrogens (tertiary/aromatic N) is 4. The molecule has 1 amide bonds. The van der Waals surface area contributed by atoms with E-state index in [0.29, 0.717) is 30.2 Å². The Morgan fingerprint density at radius 1 is 1.17 bits per heavy atom. The Hall–Kier alpha value is -3.55. The van der Waals surface area contributed by atoms with E-state index in [1.54, 1.807) is 36.1 Å². The first-order chi connectivity index (χ1) is 14.0. The van der Waals surface area contributed by atoms with Gasteiger partial charge in [0.05, 0.1) is 12.3 Å². The molecule has 148 valence electrons. The van der Waals surface area contributed by atoms with Crippen LogP contribution in [0.15, 0.2) is 58.2 Å². The van der Waals surface area contributed by atoms with Gasteiger partial charge in [-0.15, -0.1) is 0 Å². The molecule has 29 heavy (non-hydrogen) atoms. The van der Waals surface area contributed by atoms with E-state index in [1.807, 2.05) is 12.1 Å². The lowest BCUT2D eigenvalue weighted by Gasteiger charge is -2.21. The molecular formula is C21H19FN4O3. The molecule has 4 rings (SSSR count). The first-order valence-electron chi connectivity index (χ1n) is 9.11. The van der Waals surface area contributed by atoms with Crippen molar-refractivity contribution in [2.45, 2.75) is 19.4 Å². The van der Waals surface area contributed by atoms with Crippen molar-refractivity contribution in [2.24, 2.45) is 5.16 Å². The minimum absolute atomic E-state index is 0.169. The van der Waals surface area contributed by atoms with Gasteiger partial charge in [-0.05, 0) is 42.3 Å². The standard InChI is InChI=1S/C21H19FN4O3/c1-13-23-20(29-24-13)19-11-18(25-28-2)12-26(19)21(27)16-5-3-14(4-6-16)15-7-9-17(22)10-8-15/h3-10,19H,11-12H2,1-2H3/b25-18-/t19-/m0/s1. The van der Waals surface area contributed by atoms with Crippen molar-refractivity contribution < 1.29 is 18.5 Å². The fraction of sp³-hybridized carbons (Fsp3) is 0.238. The number of carbonyl (C=O) groups excluding carboxylic acids is 1. The predicted molar refractivity (Wildman–Crippen MR) is 104 cm³/mol. The van der Waals surface area contributed by atoms with E-state index in [0.717, 1.165) is 16.8 Å². The molecule has 2 heterocycles. The lowest BCUT2D eigenvalue weighted by molar-refractivity contribution is 0.0713. The van der Waals surface area contributed by atoms with Crippen molar-refractivity contribution >= 4 is 11.6 Å². The van der Waals surface area contributed by atoms with E-state index in [1.165, 1.54) is 19.2 Å². The number of hydrogen-bond acceptors (Lipinski definition) is 6. The fourth-order valence-corrected chi connectivity index (χ4v) is 3.40. The Kier molecular flexibility index (Phi) is 5.07. The summed E-state index contributed by atoms with van der Waals surface area (Å²) in [5.74, 6) is 0.427. The van der Waals surface area contributed by atoms with E-state index in [-0.39, 0.29) is 11.7 Å². The van der Waals surface area contributed by atoms with E-state index in [9.17, 15) is 9.18 Å². The van der Waals surface area contributed by atoms with Gasteiger partial charge in [0.25, 0.3) is 5.91 Å². The summed E-state index contributed by atoms with van der Waals surface area (Å²) in [6.45, 7) is 2.05. The molecule has 7 nitrogen and oxygen atoms in total. The van der Waals surface area contributed by atoms with Crippen molar-refractivity contribution in [1.29, 1.82) is 0 Å². The Morgan fingerprint density at radius 2 is 1.83 bits per heavy atom. The molecule has 0 N–H and O–H groups in total. The number of carbonyl (C=O) groups is 1. The molecule has 1 atom stereocenters. The van der Waals surface area contributed by atoms with Gasteiger partial charge in [0.15, 0.2) is 5.82 Å². The fourth-order valence-electron chi connectivity index (χ4n) is 3.40. The van der Waals surface area contributed by atoms with Crippen LogP contribution in [0.3, 0.4) is 0 Å². The zero-order chi connectivity index (χ0) is 20.4. The number of aromatic nitrogens is 2. The summed E-state index contributed by atoms with van der Waals surface area (Å²) in [6.07, 6.45) is 0.467. The van der Waals surface area contributed by atoms with Crippen molar-refractivity contribution in [3.05, 3.63) is 71.6 Å². The SMILES string of the molecule is CO/N=C1/C[C@@H](c2nc(C)no2)N(C(=O)c2ccc(-c3ccc(F)cc3)cc2)C1. The molecule has 8 heteroatoms. The zero-order valence-electron chi connectivity index (χ0n) is 16.0. The van der Waals surface area contributed by atoms with E-state index in [4.69, 9.17) is 9.36 Å². The van der Waals surface area contributed by atoms with Crippen LogP contribution in [0, 0.1) is 12.7 Å². The second kappa shape index (κ2) is 7.83. The summed E-state index contributed by atoms with van der Waals surface area (Å²) in [5, 5.41) is 7.82. The highest BCUT2D eigenvalue weighted by molar-refractivity contribution is 6.00. The summed E-state index contributed by atoms with van der Waals surface area (Å²) in [7, 11) is 1.47. The van der Waals surface area contributed by atoms with Crippen molar-refractivity contribution in [3.8, 4) is 11.1 Å². The van der Waals surface area contributed by atoms with Gasteiger partial charge in [0, 0.05) is 12.0 Å². The maximum absolute atomic E-state index is 13.2. The van der Waals surface area contributed by atoms with Crippen LogP contribution in [0.2, 0.25) is 0 Å². The van der Waals surface area contributed by atoms with Gasteiger partial charge in [-0.2, -0.15) is 4.98 Å². The molecule has 0 bridgehead atoms. The normalized spacial score (nSPS) is 17.7. The number of hydrogen-bond donors (Lipinski definition) is 0. The van der Waals surface area contributed by atoms with Crippen LogP contribution in [-0.4, -0.2) is 40.3 Å². The number of benzene rings is 2. The number of halogens is 1. The maximum Gasteiger partial charge on any atom is 0.254 e. The number of oxime groups is 1. The van der Waals surface area contributed by atoms with E-state index >= 15 is 0 Å². The third kappa shape index (κ3) is 3.87. The lowest BCUT2D eigenvalue weighted by atomic mass is 10.0. The van der Waals surface area contributed by atoms with Gasteiger partial charge in [-0.3, -0.25) is 4.79 Å². The lowest BCUT2D eigenvalue weighted by Crippen LogP contribution is -2.31.